The highest BCUT2D eigenvalue weighted by molar-refractivity contribution is 5.88. The molecule has 2 N–H and O–H groups in total. The van der Waals surface area contributed by atoms with E-state index in [2.05, 4.69) is 0 Å². The maximum absolute atomic E-state index is 10.1. The summed E-state index contributed by atoms with van der Waals surface area (Å²) >= 11 is 0. The van der Waals surface area contributed by atoms with E-state index in [1.54, 1.807) is 0 Å². The Labute approximate surface area is 72.5 Å². The van der Waals surface area contributed by atoms with Crippen molar-refractivity contribution in [2.45, 2.75) is 37.7 Å². The van der Waals surface area contributed by atoms with Crippen molar-refractivity contribution in [3.63, 3.8) is 0 Å². The van der Waals surface area contributed by atoms with E-state index in [4.69, 9.17) is 5.41 Å². The molecule has 4 aliphatic rings. The smallest absolute Gasteiger partial charge is 0.0663 e. The van der Waals surface area contributed by atoms with Crippen LogP contribution in [0.5, 0.6) is 0 Å². The van der Waals surface area contributed by atoms with Crippen LogP contribution in [0.15, 0.2) is 0 Å². The van der Waals surface area contributed by atoms with Gasteiger partial charge in [-0.3, -0.25) is 0 Å². The zero-order chi connectivity index (χ0) is 8.34. The van der Waals surface area contributed by atoms with Gasteiger partial charge in [0.2, 0.25) is 0 Å². The highest BCUT2D eigenvalue weighted by atomic mass is 16.3. The zero-order valence-corrected chi connectivity index (χ0v) is 7.21. The van der Waals surface area contributed by atoms with Gasteiger partial charge >= 0.3 is 0 Å². The van der Waals surface area contributed by atoms with Gasteiger partial charge in [-0.15, -0.1) is 0 Å². The van der Waals surface area contributed by atoms with E-state index in [0.717, 1.165) is 30.9 Å². The van der Waals surface area contributed by atoms with Crippen LogP contribution < -0.4 is 0 Å². The fraction of sp³-hybridized carbons (Fsp3) is 0.900. The molecule has 0 heterocycles. The predicted molar refractivity (Wildman–Crippen MR) is 46.2 cm³/mol. The summed E-state index contributed by atoms with van der Waals surface area (Å²) in [5, 5.41) is 18.0. The molecule has 4 bridgehead atoms. The molecule has 0 radical (unpaired) electrons. The molecule has 0 aliphatic heterocycles. The van der Waals surface area contributed by atoms with Crippen molar-refractivity contribution >= 4 is 5.71 Å². The van der Waals surface area contributed by atoms with Gasteiger partial charge in [0, 0.05) is 5.71 Å². The average molecular weight is 165 g/mol. The van der Waals surface area contributed by atoms with Crippen molar-refractivity contribution in [3.05, 3.63) is 0 Å². The molecule has 0 saturated heterocycles. The van der Waals surface area contributed by atoms with E-state index in [0.29, 0.717) is 11.8 Å². The monoisotopic (exact) mass is 165 g/mol. The number of hydrogen-bond donors (Lipinski definition) is 2. The first-order chi connectivity index (χ1) is 5.66. The Balaban J connectivity index is 2.00. The summed E-state index contributed by atoms with van der Waals surface area (Å²) in [4.78, 5) is 0. The van der Waals surface area contributed by atoms with E-state index >= 15 is 0 Å². The molecule has 2 unspecified atom stereocenters. The third-order valence-corrected chi connectivity index (χ3v) is 4.04. The van der Waals surface area contributed by atoms with Crippen LogP contribution in [-0.4, -0.2) is 16.4 Å². The van der Waals surface area contributed by atoms with Gasteiger partial charge in [-0.2, -0.15) is 0 Å². The molecule has 0 amide bonds. The lowest BCUT2D eigenvalue weighted by Crippen LogP contribution is -2.54. The topological polar surface area (TPSA) is 44.1 Å². The standard InChI is InChI=1S/C10H15NO/c11-9-7-1-6-2-8(9)5-10(12,3-6)4-7/h6-8,11-12H,1-5H2. The minimum absolute atomic E-state index is 0.360. The van der Waals surface area contributed by atoms with Crippen LogP contribution in [0, 0.1) is 23.2 Å². The molecule has 4 aliphatic carbocycles. The lowest BCUT2D eigenvalue weighted by molar-refractivity contribution is -0.0827. The summed E-state index contributed by atoms with van der Waals surface area (Å²) in [5.74, 6) is 1.63. The van der Waals surface area contributed by atoms with E-state index in [1.165, 1.54) is 12.8 Å². The van der Waals surface area contributed by atoms with Gasteiger partial charge in [0.15, 0.2) is 0 Å². The summed E-state index contributed by atoms with van der Waals surface area (Å²) in [7, 11) is 0. The van der Waals surface area contributed by atoms with Crippen LogP contribution in [0.25, 0.3) is 0 Å². The molecule has 2 atom stereocenters. The maximum atomic E-state index is 10.1. The fourth-order valence-corrected chi connectivity index (χ4v) is 3.75. The molecule has 66 valence electrons. The fourth-order valence-electron chi connectivity index (χ4n) is 3.75. The average Bonchev–Trinajstić information content (AvgIpc) is 1.96. The number of aliphatic hydroxyl groups is 1. The van der Waals surface area contributed by atoms with Crippen molar-refractivity contribution in [3.8, 4) is 0 Å². The zero-order valence-electron chi connectivity index (χ0n) is 7.21. The third-order valence-electron chi connectivity index (χ3n) is 4.04. The van der Waals surface area contributed by atoms with Gasteiger partial charge in [0.05, 0.1) is 5.60 Å². The molecule has 0 aromatic carbocycles. The van der Waals surface area contributed by atoms with E-state index < -0.39 is 0 Å². The number of rotatable bonds is 0. The first-order valence-corrected chi connectivity index (χ1v) is 4.97. The lowest BCUT2D eigenvalue weighted by atomic mass is 9.53. The van der Waals surface area contributed by atoms with Crippen molar-refractivity contribution < 1.29 is 5.11 Å². The van der Waals surface area contributed by atoms with Gasteiger partial charge < -0.3 is 10.5 Å². The van der Waals surface area contributed by atoms with E-state index in [-0.39, 0.29) is 5.60 Å². The van der Waals surface area contributed by atoms with Crippen LogP contribution in [0.1, 0.15) is 32.1 Å². The molecule has 12 heavy (non-hydrogen) atoms. The normalized spacial score (nSPS) is 56.4. The molecule has 0 aromatic rings. The Morgan fingerprint density at radius 1 is 1.17 bits per heavy atom. The van der Waals surface area contributed by atoms with Crippen LogP contribution in [0.4, 0.5) is 0 Å². The Morgan fingerprint density at radius 3 is 2.25 bits per heavy atom. The second kappa shape index (κ2) is 1.92. The molecular formula is C10H15NO. The second-order valence-electron chi connectivity index (χ2n) is 5.02. The number of nitrogens with one attached hydrogen (secondary N) is 1. The molecule has 4 rings (SSSR count). The quantitative estimate of drug-likeness (QED) is 0.562. The van der Waals surface area contributed by atoms with Crippen LogP contribution in [-0.2, 0) is 0 Å². The largest absolute Gasteiger partial charge is 0.390 e. The Kier molecular flexibility index (Phi) is 1.13. The van der Waals surface area contributed by atoms with Crippen LogP contribution >= 0.6 is 0 Å². The summed E-state index contributed by atoms with van der Waals surface area (Å²) in [6.07, 6.45) is 5.18. The summed E-state index contributed by atoms with van der Waals surface area (Å²) < 4.78 is 0. The summed E-state index contributed by atoms with van der Waals surface area (Å²) in [6, 6.07) is 0. The molecule has 0 spiro atoms. The van der Waals surface area contributed by atoms with Crippen molar-refractivity contribution in [1.82, 2.24) is 0 Å². The Bertz CT molecular complexity index is 230. The van der Waals surface area contributed by atoms with Gasteiger partial charge in [-0.25, -0.2) is 0 Å². The Hall–Kier alpha value is -0.370. The molecule has 4 fully saturated rings. The van der Waals surface area contributed by atoms with Crippen molar-refractivity contribution in [1.29, 1.82) is 5.41 Å². The van der Waals surface area contributed by atoms with Gasteiger partial charge in [0.1, 0.15) is 0 Å². The first-order valence-electron chi connectivity index (χ1n) is 4.97. The lowest BCUT2D eigenvalue weighted by Gasteiger charge is -2.54. The number of hydrogen-bond acceptors (Lipinski definition) is 2. The molecule has 4 saturated carbocycles. The molecule has 2 heteroatoms. The van der Waals surface area contributed by atoms with Gasteiger partial charge in [-0.1, -0.05) is 0 Å². The van der Waals surface area contributed by atoms with Crippen LogP contribution in [0.3, 0.4) is 0 Å². The summed E-state index contributed by atoms with van der Waals surface area (Å²) in [5.41, 5.74) is 0.594. The highest BCUT2D eigenvalue weighted by Gasteiger charge is 2.52. The van der Waals surface area contributed by atoms with Gasteiger partial charge in [-0.05, 0) is 49.9 Å². The van der Waals surface area contributed by atoms with Crippen molar-refractivity contribution in [2.75, 3.05) is 0 Å². The predicted octanol–water partition coefficient (Wildman–Crippen LogP) is 1.58. The van der Waals surface area contributed by atoms with Crippen molar-refractivity contribution in [2.24, 2.45) is 17.8 Å². The van der Waals surface area contributed by atoms with E-state index in [9.17, 15) is 5.11 Å². The van der Waals surface area contributed by atoms with Gasteiger partial charge in [0.25, 0.3) is 0 Å². The highest BCUT2D eigenvalue weighted by Crippen LogP contribution is 2.53. The molecule has 0 aromatic heterocycles. The maximum Gasteiger partial charge on any atom is 0.0663 e. The second-order valence-corrected chi connectivity index (χ2v) is 5.02. The Morgan fingerprint density at radius 2 is 1.75 bits per heavy atom. The molecule has 2 nitrogen and oxygen atoms in total. The minimum Gasteiger partial charge on any atom is -0.390 e. The summed E-state index contributed by atoms with van der Waals surface area (Å²) in [6.45, 7) is 0. The minimum atomic E-state index is -0.360. The van der Waals surface area contributed by atoms with Crippen LogP contribution in [0.2, 0.25) is 0 Å². The molecular weight excluding hydrogens is 150 g/mol. The first kappa shape index (κ1) is 7.07. The SMILES string of the molecule is N=C1C2CC3CC1CC(O)(C3)C2. The third kappa shape index (κ3) is 0.764. The van der Waals surface area contributed by atoms with E-state index in [1.807, 2.05) is 0 Å².